The second-order valence-corrected chi connectivity index (χ2v) is 8.35. The molecule has 3 aromatic rings. The van der Waals surface area contributed by atoms with Crippen molar-refractivity contribution in [3.63, 3.8) is 0 Å². The summed E-state index contributed by atoms with van der Waals surface area (Å²) in [5.74, 6) is -0.942. The molecule has 8 heteroatoms. The van der Waals surface area contributed by atoms with E-state index in [1.165, 1.54) is 11.1 Å². The van der Waals surface area contributed by atoms with E-state index >= 15 is 0 Å². The lowest BCUT2D eigenvalue weighted by molar-refractivity contribution is 0.0697. The van der Waals surface area contributed by atoms with Gasteiger partial charge in [0.05, 0.1) is 11.7 Å². The maximum Gasteiger partial charge on any atom is 0.335 e. The number of aryl methyl sites for hydroxylation is 1. The fourth-order valence-electron chi connectivity index (χ4n) is 4.02. The van der Waals surface area contributed by atoms with Crippen LogP contribution in [0.5, 0.6) is 0 Å². The molecule has 1 aliphatic carbocycles. The third-order valence-electron chi connectivity index (χ3n) is 5.67. The lowest BCUT2D eigenvalue weighted by atomic mass is 9.87. The summed E-state index contributed by atoms with van der Waals surface area (Å²) in [6, 6.07) is 20.7. The van der Waals surface area contributed by atoms with Crippen molar-refractivity contribution in [1.82, 2.24) is 5.32 Å². The van der Waals surface area contributed by atoms with Gasteiger partial charge in [-0.25, -0.2) is 4.79 Å². The van der Waals surface area contributed by atoms with Crippen LogP contribution in [0.4, 0.5) is 11.4 Å². The highest BCUT2D eigenvalue weighted by atomic mass is 35.5. The number of fused-ring (bicyclic) bond motifs is 1. The maximum absolute atomic E-state index is 11.2. The van der Waals surface area contributed by atoms with Gasteiger partial charge in [-0.15, -0.1) is 24.8 Å². The second kappa shape index (κ2) is 12.3. The SMILES string of the molecule is Cl.Cl.O=C(O)c1cccc(Nc2ccc3c(c2)C[C@@H](NC[C@H](O)c2cccc(Cl)c2)CC3)c1. The number of aromatic carboxylic acids is 1. The zero-order valence-corrected chi connectivity index (χ0v) is 20.2. The Kier molecular flexibility index (Phi) is 10.0. The van der Waals surface area contributed by atoms with Crippen molar-refractivity contribution in [1.29, 1.82) is 0 Å². The highest BCUT2D eigenvalue weighted by Crippen LogP contribution is 2.27. The average Bonchev–Trinajstić information content (AvgIpc) is 2.77. The van der Waals surface area contributed by atoms with Crippen LogP contribution in [0.25, 0.3) is 0 Å². The monoisotopic (exact) mass is 508 g/mol. The Morgan fingerprint density at radius 2 is 1.76 bits per heavy atom. The van der Waals surface area contributed by atoms with Gasteiger partial charge in [0.2, 0.25) is 0 Å². The van der Waals surface area contributed by atoms with E-state index in [9.17, 15) is 15.0 Å². The van der Waals surface area contributed by atoms with Crippen LogP contribution in [0.2, 0.25) is 5.02 Å². The van der Waals surface area contributed by atoms with Crippen LogP contribution in [0.3, 0.4) is 0 Å². The number of carbonyl (C=O) groups is 1. The largest absolute Gasteiger partial charge is 0.478 e. The zero-order valence-electron chi connectivity index (χ0n) is 17.8. The Hall–Kier alpha value is -2.28. The molecule has 0 radical (unpaired) electrons. The van der Waals surface area contributed by atoms with Gasteiger partial charge in [-0.2, -0.15) is 0 Å². The van der Waals surface area contributed by atoms with Gasteiger partial charge in [0.15, 0.2) is 0 Å². The first kappa shape index (κ1) is 27.0. The normalized spacial score (nSPS) is 15.4. The van der Waals surface area contributed by atoms with E-state index < -0.39 is 12.1 Å². The van der Waals surface area contributed by atoms with Gasteiger partial charge >= 0.3 is 5.97 Å². The molecule has 5 nitrogen and oxygen atoms in total. The van der Waals surface area contributed by atoms with Crippen molar-refractivity contribution in [2.45, 2.75) is 31.4 Å². The highest BCUT2D eigenvalue weighted by molar-refractivity contribution is 6.30. The molecular weight excluding hydrogens is 483 g/mol. The van der Waals surface area contributed by atoms with Crippen molar-refractivity contribution < 1.29 is 15.0 Å². The van der Waals surface area contributed by atoms with Gasteiger partial charge in [-0.1, -0.05) is 35.9 Å². The highest BCUT2D eigenvalue weighted by Gasteiger charge is 2.20. The fraction of sp³-hybridized carbons (Fsp3) is 0.240. The van der Waals surface area contributed by atoms with Crippen LogP contribution in [-0.4, -0.2) is 28.8 Å². The number of benzene rings is 3. The van der Waals surface area contributed by atoms with E-state index in [-0.39, 0.29) is 36.4 Å². The summed E-state index contributed by atoms with van der Waals surface area (Å²) in [5.41, 5.74) is 5.34. The molecule has 0 amide bonds. The number of carboxylic acids is 1. The summed E-state index contributed by atoms with van der Waals surface area (Å²) in [4.78, 5) is 11.2. The zero-order chi connectivity index (χ0) is 21.8. The third kappa shape index (κ3) is 7.10. The Bertz CT molecular complexity index is 1090. The van der Waals surface area contributed by atoms with Gasteiger partial charge in [0.1, 0.15) is 0 Å². The topological polar surface area (TPSA) is 81.6 Å². The van der Waals surface area contributed by atoms with E-state index in [1.807, 2.05) is 24.3 Å². The van der Waals surface area contributed by atoms with E-state index in [1.54, 1.807) is 30.3 Å². The van der Waals surface area contributed by atoms with Crippen molar-refractivity contribution in [3.8, 4) is 0 Å². The molecule has 0 heterocycles. The molecule has 0 aromatic heterocycles. The lowest BCUT2D eigenvalue weighted by Crippen LogP contribution is -2.37. The van der Waals surface area contributed by atoms with Gasteiger partial charge in [0, 0.05) is 29.0 Å². The van der Waals surface area contributed by atoms with Crippen LogP contribution < -0.4 is 10.6 Å². The number of aliphatic hydroxyl groups excluding tert-OH is 1. The Labute approximate surface area is 211 Å². The van der Waals surface area contributed by atoms with Crippen LogP contribution in [0.15, 0.2) is 66.7 Å². The summed E-state index contributed by atoms with van der Waals surface area (Å²) < 4.78 is 0. The number of hydrogen-bond donors (Lipinski definition) is 4. The number of carboxylic acid groups (broad SMARTS) is 1. The van der Waals surface area contributed by atoms with E-state index in [0.29, 0.717) is 11.6 Å². The summed E-state index contributed by atoms with van der Waals surface area (Å²) >= 11 is 6.02. The van der Waals surface area contributed by atoms with Crippen LogP contribution in [-0.2, 0) is 12.8 Å². The molecule has 0 aliphatic heterocycles. The lowest BCUT2D eigenvalue weighted by Gasteiger charge is -2.27. The van der Waals surface area contributed by atoms with Crippen molar-refractivity contribution in [3.05, 3.63) is 94.0 Å². The third-order valence-corrected chi connectivity index (χ3v) is 5.90. The van der Waals surface area contributed by atoms with Gasteiger partial charge in [-0.3, -0.25) is 0 Å². The Balaban J connectivity index is 0.00000193. The first-order chi connectivity index (χ1) is 15.0. The van der Waals surface area contributed by atoms with Gasteiger partial charge in [-0.05, 0) is 78.4 Å². The predicted octanol–water partition coefficient (Wildman–Crippen LogP) is 5.81. The standard InChI is InChI=1S/C25H25ClN2O3.2ClH/c26-20-5-1-3-17(11-20)24(29)15-27-21-9-7-16-8-10-23(14-19(16)13-21)28-22-6-2-4-18(12-22)25(30)31;;/h1-6,8,10-12,14,21,24,27-29H,7,9,13,15H2,(H,30,31);2*1H/t21-,24-;;/m0../s1. The molecule has 33 heavy (non-hydrogen) atoms. The van der Waals surface area contributed by atoms with Crippen LogP contribution >= 0.6 is 36.4 Å². The van der Waals surface area contributed by atoms with E-state index in [0.717, 1.165) is 36.2 Å². The minimum absolute atomic E-state index is 0. The molecule has 3 aromatic carbocycles. The molecule has 0 unspecified atom stereocenters. The smallest absolute Gasteiger partial charge is 0.335 e. The van der Waals surface area contributed by atoms with E-state index in [2.05, 4.69) is 22.8 Å². The summed E-state index contributed by atoms with van der Waals surface area (Å²) in [7, 11) is 0. The Morgan fingerprint density at radius 3 is 2.52 bits per heavy atom. The van der Waals surface area contributed by atoms with Crippen molar-refractivity contribution in [2.24, 2.45) is 0 Å². The molecule has 0 saturated carbocycles. The molecule has 2 atom stereocenters. The molecule has 0 bridgehead atoms. The van der Waals surface area contributed by atoms with Crippen molar-refractivity contribution in [2.75, 3.05) is 11.9 Å². The summed E-state index contributed by atoms with van der Waals surface area (Å²) in [6.07, 6.45) is 2.27. The molecule has 0 saturated heterocycles. The first-order valence-corrected chi connectivity index (χ1v) is 10.7. The molecular formula is C25H27Cl3N2O3. The number of rotatable bonds is 7. The summed E-state index contributed by atoms with van der Waals surface area (Å²) in [6.45, 7) is 0.472. The van der Waals surface area contributed by atoms with Crippen LogP contribution in [0, 0.1) is 0 Å². The summed E-state index contributed by atoms with van der Waals surface area (Å²) in [5, 5.41) is 27.1. The molecule has 176 valence electrons. The molecule has 1 aliphatic rings. The number of halogens is 3. The second-order valence-electron chi connectivity index (χ2n) is 7.91. The molecule has 4 N–H and O–H groups in total. The molecule has 4 rings (SSSR count). The maximum atomic E-state index is 11.2. The quantitative estimate of drug-likeness (QED) is 0.323. The molecule has 0 spiro atoms. The van der Waals surface area contributed by atoms with Gasteiger partial charge in [0.25, 0.3) is 0 Å². The van der Waals surface area contributed by atoms with Gasteiger partial charge < -0.3 is 20.8 Å². The predicted molar refractivity (Wildman–Crippen MR) is 138 cm³/mol. The minimum Gasteiger partial charge on any atom is -0.478 e. The van der Waals surface area contributed by atoms with E-state index in [4.69, 9.17) is 11.6 Å². The average molecular weight is 510 g/mol. The number of aliphatic hydroxyl groups is 1. The minimum atomic E-state index is -0.942. The molecule has 0 fully saturated rings. The Morgan fingerprint density at radius 1 is 1.00 bits per heavy atom. The number of anilines is 2. The number of hydrogen-bond acceptors (Lipinski definition) is 4. The number of nitrogens with one attached hydrogen (secondary N) is 2. The first-order valence-electron chi connectivity index (χ1n) is 10.4. The fourth-order valence-corrected chi connectivity index (χ4v) is 4.21. The van der Waals surface area contributed by atoms with Crippen LogP contribution in [0.1, 0.15) is 39.6 Å². The van der Waals surface area contributed by atoms with Crippen molar-refractivity contribution >= 4 is 53.8 Å².